The molecule has 8 heteroatoms. The van der Waals surface area contributed by atoms with Gasteiger partial charge in [0.1, 0.15) is 12.2 Å². The summed E-state index contributed by atoms with van der Waals surface area (Å²) < 4.78 is 16.1. The van der Waals surface area contributed by atoms with E-state index in [0.717, 1.165) is 19.3 Å². The summed E-state index contributed by atoms with van der Waals surface area (Å²) in [5, 5.41) is 11.8. The van der Waals surface area contributed by atoms with Crippen LogP contribution < -0.4 is 9.47 Å². The number of likely N-dealkylation sites (tertiary alicyclic amines) is 1. The van der Waals surface area contributed by atoms with E-state index in [0.29, 0.717) is 37.7 Å². The van der Waals surface area contributed by atoms with Crippen molar-refractivity contribution in [1.29, 1.82) is 0 Å². The molecule has 1 aromatic rings. The highest BCUT2D eigenvalue weighted by molar-refractivity contribution is 5.77. The lowest BCUT2D eigenvalue weighted by atomic mass is 9.63. The minimum atomic E-state index is -1.11. The SMILES string of the molecule is CCOc1ncc(C2(O)C3CCCC2CN(C(=O)COC)C3)c(OCC)n1. The van der Waals surface area contributed by atoms with Crippen molar-refractivity contribution < 1.29 is 24.1 Å². The average Bonchev–Trinajstić information content (AvgIpc) is 2.62. The number of aromatic nitrogens is 2. The molecule has 3 rings (SSSR count). The zero-order valence-electron chi connectivity index (χ0n) is 16.3. The highest BCUT2D eigenvalue weighted by Gasteiger charge is 2.54. The van der Waals surface area contributed by atoms with Crippen LogP contribution >= 0.6 is 0 Å². The lowest BCUT2D eigenvalue weighted by Gasteiger charge is -2.53. The van der Waals surface area contributed by atoms with Crippen LogP contribution in [-0.2, 0) is 15.1 Å². The van der Waals surface area contributed by atoms with Gasteiger partial charge in [0, 0.05) is 38.2 Å². The van der Waals surface area contributed by atoms with Crippen molar-refractivity contribution in [2.45, 2.75) is 38.7 Å². The van der Waals surface area contributed by atoms with Crippen molar-refractivity contribution >= 4 is 5.91 Å². The smallest absolute Gasteiger partial charge is 0.319 e. The normalized spacial score (nSPS) is 27.3. The van der Waals surface area contributed by atoms with Gasteiger partial charge < -0.3 is 24.2 Å². The molecule has 0 aromatic carbocycles. The Bertz CT molecular complexity index is 655. The number of carbonyl (C=O) groups is 1. The van der Waals surface area contributed by atoms with E-state index in [4.69, 9.17) is 14.2 Å². The van der Waals surface area contributed by atoms with Crippen molar-refractivity contribution in [3.8, 4) is 11.9 Å². The van der Waals surface area contributed by atoms with Crippen LogP contribution in [0.15, 0.2) is 6.20 Å². The number of fused-ring (bicyclic) bond motifs is 2. The zero-order chi connectivity index (χ0) is 19.4. The van der Waals surface area contributed by atoms with Gasteiger partial charge in [-0.2, -0.15) is 4.98 Å². The predicted molar refractivity (Wildman–Crippen MR) is 97.6 cm³/mol. The first-order valence-electron chi connectivity index (χ1n) is 9.66. The highest BCUT2D eigenvalue weighted by Crippen LogP contribution is 2.51. The first-order valence-corrected chi connectivity index (χ1v) is 9.66. The average molecular weight is 379 g/mol. The number of nitrogens with zero attached hydrogens (tertiary/aromatic N) is 3. The van der Waals surface area contributed by atoms with Gasteiger partial charge in [0.05, 0.1) is 18.8 Å². The van der Waals surface area contributed by atoms with E-state index in [1.165, 1.54) is 7.11 Å². The molecule has 0 radical (unpaired) electrons. The topological polar surface area (TPSA) is 94.0 Å². The fourth-order valence-corrected chi connectivity index (χ4v) is 4.38. The highest BCUT2D eigenvalue weighted by atomic mass is 16.5. The Morgan fingerprint density at radius 1 is 1.26 bits per heavy atom. The van der Waals surface area contributed by atoms with Gasteiger partial charge in [-0.25, -0.2) is 4.98 Å². The van der Waals surface area contributed by atoms with Gasteiger partial charge in [0.2, 0.25) is 11.8 Å². The molecule has 2 aliphatic rings. The summed E-state index contributed by atoms with van der Waals surface area (Å²) in [6.45, 7) is 5.68. The van der Waals surface area contributed by atoms with Crippen molar-refractivity contribution in [1.82, 2.24) is 14.9 Å². The van der Waals surface area contributed by atoms with Crippen molar-refractivity contribution in [2.75, 3.05) is 40.0 Å². The largest absolute Gasteiger partial charge is 0.478 e. The van der Waals surface area contributed by atoms with E-state index >= 15 is 0 Å². The Labute approximate surface area is 159 Å². The van der Waals surface area contributed by atoms with Crippen molar-refractivity contribution in [3.05, 3.63) is 11.8 Å². The number of methoxy groups -OCH3 is 1. The predicted octanol–water partition coefficient (Wildman–Crippen LogP) is 1.37. The molecule has 1 saturated heterocycles. The number of ether oxygens (including phenoxy) is 3. The molecule has 8 nitrogen and oxygen atoms in total. The number of aliphatic hydroxyl groups is 1. The molecule has 2 bridgehead atoms. The van der Waals surface area contributed by atoms with Crippen LogP contribution in [0.5, 0.6) is 11.9 Å². The fourth-order valence-electron chi connectivity index (χ4n) is 4.38. The third kappa shape index (κ3) is 3.73. The van der Waals surface area contributed by atoms with Crippen LogP contribution in [0.2, 0.25) is 0 Å². The molecule has 1 aliphatic carbocycles. The van der Waals surface area contributed by atoms with Crippen molar-refractivity contribution in [2.24, 2.45) is 11.8 Å². The van der Waals surface area contributed by atoms with Crippen LogP contribution in [0.1, 0.15) is 38.7 Å². The van der Waals surface area contributed by atoms with Gasteiger partial charge in [-0.1, -0.05) is 6.42 Å². The summed E-state index contributed by atoms with van der Waals surface area (Å²) in [6.07, 6.45) is 4.33. The molecule has 1 aliphatic heterocycles. The minimum absolute atomic E-state index is 0.0376. The Hall–Kier alpha value is -1.93. The maximum Gasteiger partial charge on any atom is 0.319 e. The summed E-state index contributed by atoms with van der Waals surface area (Å²) >= 11 is 0. The number of hydrogen-bond acceptors (Lipinski definition) is 7. The number of carbonyl (C=O) groups excluding carboxylic acids is 1. The minimum Gasteiger partial charge on any atom is -0.478 e. The molecule has 150 valence electrons. The van der Waals surface area contributed by atoms with Crippen LogP contribution in [0.25, 0.3) is 0 Å². The number of rotatable bonds is 7. The number of piperidine rings is 1. The molecule has 2 heterocycles. The monoisotopic (exact) mass is 379 g/mol. The summed E-state index contributed by atoms with van der Waals surface area (Å²) in [6, 6.07) is 0.242. The van der Waals surface area contributed by atoms with Gasteiger partial charge >= 0.3 is 6.01 Å². The molecule has 2 unspecified atom stereocenters. The number of hydrogen-bond donors (Lipinski definition) is 1. The Morgan fingerprint density at radius 2 is 1.93 bits per heavy atom. The maximum absolute atomic E-state index is 12.3. The molecule has 1 amide bonds. The van der Waals surface area contributed by atoms with Gasteiger partial charge in [-0.05, 0) is 26.7 Å². The van der Waals surface area contributed by atoms with E-state index in [1.54, 1.807) is 6.20 Å². The molecule has 1 N–H and O–H groups in total. The molecule has 1 saturated carbocycles. The van der Waals surface area contributed by atoms with Gasteiger partial charge in [0.25, 0.3) is 0 Å². The molecule has 27 heavy (non-hydrogen) atoms. The summed E-state index contributed by atoms with van der Waals surface area (Å²) in [7, 11) is 1.52. The second kappa shape index (κ2) is 8.39. The molecule has 2 atom stereocenters. The van der Waals surface area contributed by atoms with Crippen LogP contribution in [0.4, 0.5) is 0 Å². The fraction of sp³-hybridized carbons (Fsp3) is 0.737. The van der Waals surface area contributed by atoms with Gasteiger partial charge in [-0.15, -0.1) is 0 Å². The quantitative estimate of drug-likeness (QED) is 0.764. The van der Waals surface area contributed by atoms with Crippen LogP contribution in [-0.4, -0.2) is 65.9 Å². The van der Waals surface area contributed by atoms with E-state index in [2.05, 4.69) is 9.97 Å². The zero-order valence-corrected chi connectivity index (χ0v) is 16.3. The lowest BCUT2D eigenvalue weighted by molar-refractivity contribution is -0.166. The summed E-state index contributed by atoms with van der Waals surface area (Å²) in [5.41, 5.74) is -0.515. The summed E-state index contributed by atoms with van der Waals surface area (Å²) in [5.74, 6) is 0.148. The van der Waals surface area contributed by atoms with E-state index < -0.39 is 5.60 Å². The molecule has 1 aromatic heterocycles. The van der Waals surface area contributed by atoms with Crippen molar-refractivity contribution in [3.63, 3.8) is 0 Å². The Balaban J connectivity index is 1.94. The van der Waals surface area contributed by atoms with E-state index in [1.807, 2.05) is 18.7 Å². The van der Waals surface area contributed by atoms with Crippen LogP contribution in [0, 0.1) is 11.8 Å². The first kappa shape index (κ1) is 19.8. The molecule has 0 spiro atoms. The lowest BCUT2D eigenvalue weighted by Crippen LogP contribution is -2.59. The first-order chi connectivity index (χ1) is 13.0. The second-order valence-electron chi connectivity index (χ2n) is 7.12. The standard InChI is InChI=1S/C19H29N3O5/c1-4-26-17-15(9-20-18(21-17)27-5-2)19(24)13-7-6-8-14(19)11-22(10-13)16(23)12-25-3/h9,13-14,24H,4-8,10-12H2,1-3H3. The van der Waals surface area contributed by atoms with Crippen LogP contribution in [0.3, 0.4) is 0 Å². The summed E-state index contributed by atoms with van der Waals surface area (Å²) in [4.78, 5) is 22.8. The Morgan fingerprint density at radius 3 is 2.52 bits per heavy atom. The number of amides is 1. The second-order valence-corrected chi connectivity index (χ2v) is 7.12. The molecule has 2 fully saturated rings. The Kier molecular flexibility index (Phi) is 6.16. The third-order valence-corrected chi connectivity index (χ3v) is 5.57. The van der Waals surface area contributed by atoms with E-state index in [-0.39, 0.29) is 30.4 Å². The maximum atomic E-state index is 12.3. The van der Waals surface area contributed by atoms with Gasteiger partial charge in [-0.3, -0.25) is 4.79 Å². The molecular formula is C19H29N3O5. The third-order valence-electron chi connectivity index (χ3n) is 5.57. The van der Waals surface area contributed by atoms with Gasteiger partial charge in [0.15, 0.2) is 0 Å². The molecular weight excluding hydrogens is 350 g/mol. The van der Waals surface area contributed by atoms with E-state index in [9.17, 15) is 9.90 Å².